The van der Waals surface area contributed by atoms with Gasteiger partial charge in [0, 0.05) is 5.69 Å². The van der Waals surface area contributed by atoms with Crippen LogP contribution in [0.5, 0.6) is 0 Å². The second-order valence-electron chi connectivity index (χ2n) is 5.89. The molecule has 152 valence electrons. The van der Waals surface area contributed by atoms with Crippen LogP contribution in [0.2, 0.25) is 0 Å². The Bertz CT molecular complexity index is 920. The Morgan fingerprint density at radius 3 is 2.59 bits per heavy atom. The van der Waals surface area contributed by atoms with Gasteiger partial charge in [-0.3, -0.25) is 34.2 Å². The fraction of sp³-hybridized carbons (Fsp3) is 0.294. The van der Waals surface area contributed by atoms with E-state index in [0.717, 1.165) is 4.90 Å². The summed E-state index contributed by atoms with van der Waals surface area (Å²) < 4.78 is 4.89. The van der Waals surface area contributed by atoms with Gasteiger partial charge in [-0.05, 0) is 48.6 Å². The Morgan fingerprint density at radius 1 is 1.17 bits per heavy atom. The van der Waals surface area contributed by atoms with Crippen molar-refractivity contribution in [1.82, 2.24) is 10.2 Å². The number of carbonyl (C=O) groups excluding carboxylic acids is 6. The van der Waals surface area contributed by atoms with Crippen LogP contribution in [0.4, 0.5) is 15.3 Å². The quantitative estimate of drug-likeness (QED) is 0.629. The van der Waals surface area contributed by atoms with Crippen LogP contribution in [0.3, 0.4) is 0 Å². The molecule has 2 heterocycles. The molecule has 0 aliphatic carbocycles. The summed E-state index contributed by atoms with van der Waals surface area (Å²) in [6, 6.07) is 6.02. The molecular formula is C17H15N3O7S2. The molecule has 2 aliphatic heterocycles. The lowest BCUT2D eigenvalue weighted by Gasteiger charge is -2.15. The van der Waals surface area contributed by atoms with Gasteiger partial charge >= 0.3 is 5.97 Å². The summed E-state index contributed by atoms with van der Waals surface area (Å²) in [5.41, 5.74) is 0.530. The van der Waals surface area contributed by atoms with Crippen LogP contribution < -0.4 is 10.6 Å². The molecule has 2 saturated heterocycles. The lowest BCUT2D eigenvalue weighted by molar-refractivity contribution is -0.131. The fourth-order valence-corrected chi connectivity index (χ4v) is 4.76. The van der Waals surface area contributed by atoms with Crippen LogP contribution >= 0.6 is 23.5 Å². The number of benzene rings is 1. The molecule has 3 rings (SSSR count). The van der Waals surface area contributed by atoms with Gasteiger partial charge in [-0.2, -0.15) is 0 Å². The van der Waals surface area contributed by atoms with E-state index in [4.69, 9.17) is 4.74 Å². The molecule has 0 bridgehead atoms. The molecule has 1 aromatic carbocycles. The zero-order chi connectivity index (χ0) is 21.1. The van der Waals surface area contributed by atoms with Crippen molar-refractivity contribution in [2.75, 3.05) is 18.5 Å². The van der Waals surface area contributed by atoms with Gasteiger partial charge in [0.25, 0.3) is 10.5 Å². The molecule has 12 heteroatoms. The van der Waals surface area contributed by atoms with E-state index in [2.05, 4.69) is 10.6 Å². The SMILES string of the molecule is CCOC(=O)c1cccc(NC(=O)CN2C(=O)S[C@@H]([C@@H]3SC(=O)NC3=O)C2=O)c1. The topological polar surface area (TPSA) is 139 Å². The zero-order valence-electron chi connectivity index (χ0n) is 15.0. The van der Waals surface area contributed by atoms with Gasteiger partial charge in [0.1, 0.15) is 17.0 Å². The van der Waals surface area contributed by atoms with E-state index in [1.54, 1.807) is 13.0 Å². The monoisotopic (exact) mass is 437 g/mol. The molecule has 1 aromatic rings. The molecule has 2 atom stereocenters. The summed E-state index contributed by atoms with van der Waals surface area (Å²) >= 11 is 1.25. The van der Waals surface area contributed by atoms with Gasteiger partial charge in [0.05, 0.1) is 12.2 Å². The molecule has 10 nitrogen and oxygen atoms in total. The fourth-order valence-electron chi connectivity index (χ4n) is 2.65. The van der Waals surface area contributed by atoms with Gasteiger partial charge in [0.15, 0.2) is 0 Å². The van der Waals surface area contributed by atoms with Crippen LogP contribution in [0.15, 0.2) is 24.3 Å². The lowest BCUT2D eigenvalue weighted by atomic mass is 10.2. The number of ether oxygens (including phenoxy) is 1. The summed E-state index contributed by atoms with van der Waals surface area (Å²) in [4.78, 5) is 72.5. The van der Waals surface area contributed by atoms with E-state index in [-0.39, 0.29) is 12.2 Å². The van der Waals surface area contributed by atoms with Crippen molar-refractivity contribution in [1.29, 1.82) is 0 Å². The molecule has 0 radical (unpaired) electrons. The average Bonchev–Trinajstić information content (AvgIpc) is 3.14. The third-order valence-corrected chi connectivity index (χ3v) is 6.29. The maximum absolute atomic E-state index is 12.5. The normalized spacial score (nSPS) is 21.3. The average molecular weight is 437 g/mol. The minimum absolute atomic E-state index is 0.205. The first kappa shape index (κ1) is 20.9. The highest BCUT2D eigenvalue weighted by molar-refractivity contribution is 8.19. The first-order valence-corrected chi connectivity index (χ1v) is 10.2. The summed E-state index contributed by atoms with van der Waals surface area (Å²) in [6.07, 6.45) is 0. The molecule has 0 saturated carbocycles. The zero-order valence-corrected chi connectivity index (χ0v) is 16.6. The number of hydrogen-bond donors (Lipinski definition) is 2. The molecule has 0 unspecified atom stereocenters. The van der Waals surface area contributed by atoms with E-state index in [1.807, 2.05) is 0 Å². The van der Waals surface area contributed by atoms with E-state index in [0.29, 0.717) is 29.2 Å². The Kier molecular flexibility index (Phi) is 6.23. The van der Waals surface area contributed by atoms with Crippen molar-refractivity contribution >= 4 is 63.4 Å². The van der Waals surface area contributed by atoms with E-state index >= 15 is 0 Å². The van der Waals surface area contributed by atoms with E-state index < -0.39 is 51.2 Å². The number of thioether (sulfide) groups is 2. The van der Waals surface area contributed by atoms with Crippen LogP contribution in [0.25, 0.3) is 0 Å². The standard InChI is InChI=1S/C17H15N3O7S2/c1-2-27-15(24)8-4-3-5-9(6-8)18-10(21)7-20-14(23)12(29-17(20)26)11-13(22)19-16(25)28-11/h3-6,11-12H,2,7H2,1H3,(H,18,21)(H,19,22,25)/t11-,12-/m0/s1. The third-order valence-electron chi connectivity index (χ3n) is 3.91. The highest BCUT2D eigenvalue weighted by atomic mass is 32.2. The molecule has 29 heavy (non-hydrogen) atoms. The van der Waals surface area contributed by atoms with E-state index in [9.17, 15) is 28.8 Å². The first-order chi connectivity index (χ1) is 13.8. The Hall–Kier alpha value is -2.86. The van der Waals surface area contributed by atoms with Crippen molar-refractivity contribution in [2.24, 2.45) is 0 Å². The first-order valence-electron chi connectivity index (χ1n) is 8.40. The van der Waals surface area contributed by atoms with Crippen molar-refractivity contribution in [3.63, 3.8) is 0 Å². The van der Waals surface area contributed by atoms with Gasteiger partial charge in [-0.1, -0.05) is 6.07 Å². The van der Waals surface area contributed by atoms with Crippen LogP contribution in [0.1, 0.15) is 17.3 Å². The smallest absolute Gasteiger partial charge is 0.338 e. The molecule has 2 aliphatic rings. The number of rotatable bonds is 6. The van der Waals surface area contributed by atoms with Gasteiger partial charge in [-0.15, -0.1) is 0 Å². The molecular weight excluding hydrogens is 422 g/mol. The molecule has 0 aromatic heterocycles. The summed E-state index contributed by atoms with van der Waals surface area (Å²) in [7, 11) is 0. The molecule has 2 N–H and O–H groups in total. The number of imide groups is 2. The highest BCUT2D eigenvalue weighted by Crippen LogP contribution is 2.36. The number of esters is 1. The largest absolute Gasteiger partial charge is 0.462 e. The van der Waals surface area contributed by atoms with Crippen molar-refractivity contribution in [3.8, 4) is 0 Å². The number of nitrogens with one attached hydrogen (secondary N) is 2. The van der Waals surface area contributed by atoms with Crippen LogP contribution in [0, 0.1) is 0 Å². The number of amides is 5. The van der Waals surface area contributed by atoms with E-state index in [1.165, 1.54) is 18.2 Å². The van der Waals surface area contributed by atoms with Gasteiger partial charge in [-0.25, -0.2) is 4.79 Å². The summed E-state index contributed by atoms with van der Waals surface area (Å²) in [6.45, 7) is 1.32. The predicted molar refractivity (Wildman–Crippen MR) is 104 cm³/mol. The molecule has 0 spiro atoms. The summed E-state index contributed by atoms with van der Waals surface area (Å²) in [5.74, 6) is -2.55. The molecule has 5 amide bonds. The summed E-state index contributed by atoms with van der Waals surface area (Å²) in [5, 5.41) is 1.22. The number of anilines is 1. The second-order valence-corrected chi connectivity index (χ2v) is 8.10. The maximum atomic E-state index is 12.5. The Morgan fingerprint density at radius 2 is 1.93 bits per heavy atom. The van der Waals surface area contributed by atoms with Crippen molar-refractivity contribution < 1.29 is 33.5 Å². The van der Waals surface area contributed by atoms with Gasteiger partial charge in [0.2, 0.25) is 17.7 Å². The van der Waals surface area contributed by atoms with Crippen molar-refractivity contribution in [3.05, 3.63) is 29.8 Å². The highest BCUT2D eigenvalue weighted by Gasteiger charge is 2.50. The Labute approximate surface area is 173 Å². The number of nitrogens with zero attached hydrogens (tertiary/aromatic N) is 1. The van der Waals surface area contributed by atoms with Gasteiger partial charge < -0.3 is 10.1 Å². The molecule has 2 fully saturated rings. The maximum Gasteiger partial charge on any atom is 0.338 e. The number of hydrogen-bond acceptors (Lipinski definition) is 9. The second kappa shape index (κ2) is 8.66. The van der Waals surface area contributed by atoms with Crippen LogP contribution in [-0.2, 0) is 19.1 Å². The minimum Gasteiger partial charge on any atom is -0.462 e. The lowest BCUT2D eigenvalue weighted by Crippen LogP contribution is -2.42. The van der Waals surface area contributed by atoms with Crippen LogP contribution in [-0.4, -0.2) is 62.7 Å². The minimum atomic E-state index is -1.07. The van der Waals surface area contributed by atoms with Crippen molar-refractivity contribution in [2.45, 2.75) is 17.4 Å². The predicted octanol–water partition coefficient (Wildman–Crippen LogP) is 1.22. The number of carbonyl (C=O) groups is 6. The Balaban J connectivity index is 1.63. The third kappa shape index (κ3) is 4.59.